The smallest absolute Gasteiger partial charge is 0.125 e. The third kappa shape index (κ3) is 5.89. The molecule has 1 aliphatic rings. The first-order valence-corrected chi connectivity index (χ1v) is 7.59. The minimum absolute atomic E-state index is 0. The number of hydrogen-bond donors (Lipinski definition) is 0. The van der Waals surface area contributed by atoms with E-state index in [2.05, 4.69) is 46.6 Å². The fourth-order valence-corrected chi connectivity index (χ4v) is 2.12. The van der Waals surface area contributed by atoms with Crippen LogP contribution in [0, 0.1) is 6.20 Å². The maximum atomic E-state index is 7.26. The van der Waals surface area contributed by atoms with Crippen molar-refractivity contribution < 1.29 is 22.4 Å². The molecule has 6 nitrogen and oxygen atoms in total. The number of hydrogen-bond acceptors (Lipinski definition) is 5. The normalized spacial score (nSPS) is 13.7. The van der Waals surface area contributed by atoms with Crippen LogP contribution in [-0.4, -0.2) is 36.2 Å². The molecule has 2 aromatic rings. The predicted octanol–water partition coefficient (Wildman–Crippen LogP) is 4.00. The second-order valence-corrected chi connectivity index (χ2v) is 5.84. The van der Waals surface area contributed by atoms with E-state index < -0.39 is 0 Å². The molecule has 0 unspecified atom stereocenters. The van der Waals surface area contributed by atoms with E-state index in [1.165, 1.54) is 0 Å². The minimum Gasteiger partial charge on any atom is -0.374 e. The summed E-state index contributed by atoms with van der Waals surface area (Å²) in [5, 5.41) is 0. The van der Waals surface area contributed by atoms with E-state index in [0.29, 0.717) is 17.2 Å². The number of aliphatic imine (C=N–C) groups is 1. The van der Waals surface area contributed by atoms with Crippen molar-refractivity contribution in [3.05, 3.63) is 43.5 Å². The van der Waals surface area contributed by atoms with Gasteiger partial charge in [-0.05, 0) is 46.9 Å². The Kier molecular flexibility index (Phi) is 8.70. The first kappa shape index (κ1) is 21.2. The Morgan fingerprint density at radius 3 is 2.44 bits per heavy atom. The molecule has 0 bridgehead atoms. The van der Waals surface area contributed by atoms with Gasteiger partial charge in [-0.15, -0.1) is 0 Å². The number of nitrogens with zero attached hydrogens (tertiary/aromatic N) is 6. The van der Waals surface area contributed by atoms with E-state index in [9.17, 15) is 0 Å². The maximum Gasteiger partial charge on any atom is 0.125 e. The summed E-state index contributed by atoms with van der Waals surface area (Å²) in [7, 11) is 0. The molecule has 25 heavy (non-hydrogen) atoms. The number of fused-ring (bicyclic) bond motifs is 1. The van der Waals surface area contributed by atoms with Crippen LogP contribution in [0.15, 0.2) is 42.3 Å². The number of aromatic nitrogens is 4. The van der Waals surface area contributed by atoms with E-state index >= 15 is 0 Å². The predicted molar refractivity (Wildman–Crippen MR) is 99.6 cm³/mol. The second-order valence-electron chi connectivity index (χ2n) is 5.84. The third-order valence-corrected chi connectivity index (χ3v) is 3.33. The summed E-state index contributed by atoms with van der Waals surface area (Å²) in [5.74, 6) is 0.833. The molecule has 3 heterocycles. The zero-order valence-corrected chi connectivity index (χ0v) is 17.6. The summed E-state index contributed by atoms with van der Waals surface area (Å²) in [6.45, 7) is 14.1. The largest absolute Gasteiger partial charge is 0.374 e. The van der Waals surface area contributed by atoms with Gasteiger partial charge in [-0.3, -0.25) is 4.98 Å². The number of allylic oxidation sites excluding steroid dienone is 1. The topological polar surface area (TPSA) is 59.2 Å². The van der Waals surface area contributed by atoms with Gasteiger partial charge < -0.3 is 19.4 Å². The van der Waals surface area contributed by atoms with Crippen LogP contribution in [-0.2, 0) is 21.1 Å². The summed E-state index contributed by atoms with van der Waals surface area (Å²) >= 11 is 0. The maximum absolute atomic E-state index is 7.26. The molecule has 1 aliphatic heterocycles. The van der Waals surface area contributed by atoms with Gasteiger partial charge in [0.25, 0.3) is 0 Å². The Morgan fingerprint density at radius 1 is 1.20 bits per heavy atom. The average Bonchev–Trinajstić information content (AvgIpc) is 2.90. The molecule has 0 aromatic carbocycles. The van der Waals surface area contributed by atoms with E-state index in [1.807, 2.05) is 42.5 Å². The van der Waals surface area contributed by atoms with Crippen LogP contribution in [0.2, 0.25) is 0 Å². The van der Waals surface area contributed by atoms with Crippen molar-refractivity contribution in [2.75, 3.05) is 0 Å². The molecule has 0 saturated heterocycles. The molecule has 136 valence electrons. The van der Waals surface area contributed by atoms with Gasteiger partial charge in [0.05, 0.1) is 6.33 Å². The van der Waals surface area contributed by atoms with Gasteiger partial charge in [0, 0.05) is 63.9 Å². The van der Waals surface area contributed by atoms with Crippen molar-refractivity contribution >= 4 is 16.9 Å². The molecule has 0 radical (unpaired) electrons. The van der Waals surface area contributed by atoms with Gasteiger partial charge >= 0.3 is 0 Å². The van der Waals surface area contributed by atoms with Crippen molar-refractivity contribution in [1.82, 2.24) is 24.4 Å². The average molecular weight is 513 g/mol. The zero-order chi connectivity index (χ0) is 17.9. The van der Waals surface area contributed by atoms with Crippen molar-refractivity contribution in [1.29, 1.82) is 0 Å². The molecule has 3 rings (SSSR count). The van der Waals surface area contributed by atoms with Gasteiger partial charge in [-0.1, -0.05) is 14.0 Å². The Morgan fingerprint density at radius 2 is 1.88 bits per heavy atom. The van der Waals surface area contributed by atoms with Gasteiger partial charge in [-0.2, -0.15) is 0 Å². The van der Waals surface area contributed by atoms with Crippen molar-refractivity contribution in [3.8, 4) is 0 Å². The summed E-state index contributed by atoms with van der Waals surface area (Å²) in [6, 6.07) is 0.725. The third-order valence-electron chi connectivity index (χ3n) is 3.33. The van der Waals surface area contributed by atoms with E-state index in [4.69, 9.17) is 1.37 Å². The molecule has 0 aliphatic carbocycles. The van der Waals surface area contributed by atoms with Crippen LogP contribution in [0.3, 0.4) is 0 Å². The van der Waals surface area contributed by atoms with Crippen LogP contribution in [0.25, 0.3) is 11.2 Å². The standard InChI is InChI=1S/C9H14N2.C8H9N4.CH4.W/c1-7(2)11-6-5-8(3)10-9(11)4;1-6(2)12-5-11-7-3-9-4-10-8(7)12;;/h5-7H,4H2,1-3H3;4-6H,1-2H3;1H4;/q;-1;;/i;4T;;. The van der Waals surface area contributed by atoms with Crippen molar-refractivity contribution in [3.63, 3.8) is 0 Å². The van der Waals surface area contributed by atoms with Gasteiger partial charge in [0.15, 0.2) is 0 Å². The molecular formula is C18H27N6W-. The summed E-state index contributed by atoms with van der Waals surface area (Å²) in [5.41, 5.74) is 2.31. The molecular weight excluding hydrogens is 484 g/mol. The molecule has 0 N–H and O–H groups in total. The summed E-state index contributed by atoms with van der Waals surface area (Å²) < 4.78 is 9.15. The van der Waals surface area contributed by atoms with Crippen LogP contribution in [0.1, 0.15) is 49.5 Å². The van der Waals surface area contributed by atoms with Crippen LogP contribution in [0.4, 0.5) is 0 Å². The monoisotopic (exact) mass is 513 g/mol. The molecule has 0 spiro atoms. The Hall–Kier alpha value is -1.81. The summed E-state index contributed by atoms with van der Waals surface area (Å²) in [4.78, 5) is 18.0. The molecule has 2 aromatic heterocycles. The van der Waals surface area contributed by atoms with E-state index in [0.717, 1.165) is 11.5 Å². The Bertz CT molecular complexity index is 794. The van der Waals surface area contributed by atoms with Gasteiger partial charge in [0.1, 0.15) is 5.82 Å². The first-order valence-electron chi connectivity index (χ1n) is 8.09. The van der Waals surface area contributed by atoms with Gasteiger partial charge in [0.2, 0.25) is 0 Å². The van der Waals surface area contributed by atoms with Crippen molar-refractivity contribution in [2.24, 2.45) is 4.99 Å². The molecule has 0 amide bonds. The minimum atomic E-state index is -0.0186. The second kappa shape index (κ2) is 10.2. The van der Waals surface area contributed by atoms with Gasteiger partial charge in [-0.25, -0.2) is 4.99 Å². The molecule has 0 atom stereocenters. The Balaban J connectivity index is 0.000000453. The molecule has 0 fully saturated rings. The first-order chi connectivity index (χ1) is 11.3. The summed E-state index contributed by atoms with van der Waals surface area (Å²) in [6.07, 6.45) is 8.36. The van der Waals surface area contributed by atoms with Crippen LogP contribution >= 0.6 is 0 Å². The molecule has 7 heteroatoms. The fourth-order valence-electron chi connectivity index (χ4n) is 2.12. The fraction of sp³-hybridized carbons (Fsp3) is 0.444. The Labute approximate surface area is 166 Å². The van der Waals surface area contributed by atoms with Crippen LogP contribution < -0.4 is 0 Å². The van der Waals surface area contributed by atoms with Crippen LogP contribution in [0.5, 0.6) is 0 Å². The van der Waals surface area contributed by atoms with E-state index in [-0.39, 0.29) is 40.8 Å². The zero-order valence-electron chi connectivity index (χ0n) is 15.7. The SMILES string of the molecule is C.C=C1N=C(C)C=CN1C(C)C.[3H]c1n[c-]c2ncn(C(C)C)c2n1.[W]. The van der Waals surface area contributed by atoms with E-state index in [1.54, 1.807) is 6.33 Å². The number of rotatable bonds is 2. The number of imidazole rings is 1. The molecule has 0 saturated carbocycles. The quantitative estimate of drug-likeness (QED) is 0.570. The van der Waals surface area contributed by atoms with Crippen molar-refractivity contribution in [2.45, 2.75) is 54.1 Å².